The number of rotatable bonds is 3. The number of halogens is 1. The largest absolute Gasteiger partial charge is 0.454 e. The fraction of sp³-hybridized carbons (Fsp3) is 0.208. The van der Waals surface area contributed by atoms with Crippen LogP contribution in [0.5, 0.6) is 11.5 Å². The molecule has 7 heteroatoms. The van der Waals surface area contributed by atoms with Crippen LogP contribution < -0.4 is 9.47 Å². The molecular weight excluding hydrogens is 412 g/mol. The molecule has 2 aliphatic rings. The fourth-order valence-electron chi connectivity index (χ4n) is 4.17. The number of nitrogens with zero attached hydrogens (tertiary/aromatic N) is 4. The number of hydrogen-bond donors (Lipinski definition) is 0. The van der Waals surface area contributed by atoms with Crippen molar-refractivity contribution in [2.24, 2.45) is 0 Å². The monoisotopic (exact) mass is 430 g/mol. The first-order valence-corrected chi connectivity index (χ1v) is 10.6. The van der Waals surface area contributed by atoms with Crippen molar-refractivity contribution < 1.29 is 9.47 Å². The van der Waals surface area contributed by atoms with Gasteiger partial charge in [-0.3, -0.25) is 4.90 Å². The summed E-state index contributed by atoms with van der Waals surface area (Å²) in [6.45, 7) is 2.66. The van der Waals surface area contributed by atoms with Crippen LogP contribution in [-0.2, 0) is 19.5 Å². The second-order valence-corrected chi connectivity index (χ2v) is 8.19. The molecule has 154 valence electrons. The van der Waals surface area contributed by atoms with Crippen LogP contribution in [0, 0.1) is 0 Å². The lowest BCUT2D eigenvalue weighted by atomic mass is 10.1. The second kappa shape index (κ2) is 7.48. The molecule has 6 rings (SSSR count). The van der Waals surface area contributed by atoms with Gasteiger partial charge in [-0.05, 0) is 12.1 Å². The molecule has 0 fully saturated rings. The van der Waals surface area contributed by atoms with Crippen molar-refractivity contribution in [1.82, 2.24) is 19.9 Å². The third kappa shape index (κ3) is 3.48. The highest BCUT2D eigenvalue weighted by molar-refractivity contribution is 6.30. The first kappa shape index (κ1) is 18.5. The summed E-state index contributed by atoms with van der Waals surface area (Å²) in [6.07, 6.45) is 2.84. The van der Waals surface area contributed by atoms with Gasteiger partial charge in [-0.15, -0.1) is 0 Å². The van der Waals surface area contributed by atoms with Crippen LogP contribution in [0.4, 0.5) is 0 Å². The van der Waals surface area contributed by atoms with Crippen LogP contribution in [-0.4, -0.2) is 33.2 Å². The number of aromatic nitrogens is 3. The summed E-state index contributed by atoms with van der Waals surface area (Å²) in [4.78, 5) is 16.4. The molecule has 0 radical (unpaired) electrons. The number of ether oxygens (including phenoxy) is 2. The Balaban J connectivity index is 1.24. The van der Waals surface area contributed by atoms with Crippen molar-refractivity contribution in [3.63, 3.8) is 0 Å². The molecule has 0 unspecified atom stereocenters. The lowest BCUT2D eigenvalue weighted by molar-refractivity contribution is 0.174. The van der Waals surface area contributed by atoms with Gasteiger partial charge >= 0.3 is 0 Å². The van der Waals surface area contributed by atoms with Gasteiger partial charge in [0.05, 0.1) is 11.2 Å². The normalized spacial score (nSPS) is 15.3. The van der Waals surface area contributed by atoms with Crippen LogP contribution in [0.15, 0.2) is 54.7 Å². The summed E-state index contributed by atoms with van der Waals surface area (Å²) in [7, 11) is 0. The van der Waals surface area contributed by atoms with Gasteiger partial charge in [0.25, 0.3) is 0 Å². The molecule has 2 aromatic carbocycles. The standard InChI is InChI=1S/C24H19ClN4O2/c25-23-17(8-16-9-21-22(31-14-30-21)10-20(16)27-23)12-29-7-6-19-18(13-29)11-26-24(28-19)15-4-2-1-3-5-15/h1-5,8-11H,6-7,12-14H2. The Hall–Kier alpha value is -3.22. The highest BCUT2D eigenvalue weighted by atomic mass is 35.5. The molecular formula is C24H19ClN4O2. The molecule has 0 N–H and O–H groups in total. The van der Waals surface area contributed by atoms with Gasteiger partial charge in [-0.25, -0.2) is 15.0 Å². The lowest BCUT2D eigenvalue weighted by Crippen LogP contribution is -2.31. The summed E-state index contributed by atoms with van der Waals surface area (Å²) in [5.41, 5.74) is 5.14. The molecule has 31 heavy (non-hydrogen) atoms. The molecule has 0 saturated heterocycles. The van der Waals surface area contributed by atoms with Gasteiger partial charge in [0.1, 0.15) is 5.15 Å². The van der Waals surface area contributed by atoms with Gasteiger partial charge in [0.15, 0.2) is 17.3 Å². The summed E-state index contributed by atoms with van der Waals surface area (Å²) < 4.78 is 10.9. The zero-order valence-electron chi connectivity index (χ0n) is 16.7. The molecule has 4 heterocycles. The minimum Gasteiger partial charge on any atom is -0.454 e. The van der Waals surface area contributed by atoms with Crippen LogP contribution in [0.3, 0.4) is 0 Å². The van der Waals surface area contributed by atoms with Crippen molar-refractivity contribution >= 4 is 22.5 Å². The first-order chi connectivity index (χ1) is 15.2. The fourth-order valence-corrected chi connectivity index (χ4v) is 4.38. The number of benzene rings is 2. The van der Waals surface area contributed by atoms with Crippen molar-refractivity contribution in [2.45, 2.75) is 19.5 Å². The Morgan fingerprint density at radius 2 is 1.84 bits per heavy atom. The summed E-state index contributed by atoms with van der Waals surface area (Å²) in [6, 6.07) is 16.0. The van der Waals surface area contributed by atoms with E-state index < -0.39 is 0 Å². The topological polar surface area (TPSA) is 60.4 Å². The summed E-state index contributed by atoms with van der Waals surface area (Å²) >= 11 is 6.53. The Morgan fingerprint density at radius 3 is 2.71 bits per heavy atom. The van der Waals surface area contributed by atoms with Crippen LogP contribution in [0.25, 0.3) is 22.3 Å². The molecule has 6 nitrogen and oxygen atoms in total. The SMILES string of the molecule is Clc1nc2cc3c(cc2cc1CN1CCc2nc(-c4ccccc4)ncc2C1)OCO3. The van der Waals surface area contributed by atoms with E-state index in [1.165, 1.54) is 5.56 Å². The predicted molar refractivity (Wildman–Crippen MR) is 118 cm³/mol. The Bertz CT molecular complexity index is 1300. The van der Waals surface area contributed by atoms with Gasteiger partial charge in [0.2, 0.25) is 6.79 Å². The molecule has 2 aliphatic heterocycles. The van der Waals surface area contributed by atoms with E-state index in [-0.39, 0.29) is 6.79 Å². The van der Waals surface area contributed by atoms with Gasteiger partial charge in [0, 0.05) is 60.4 Å². The van der Waals surface area contributed by atoms with Crippen molar-refractivity contribution in [2.75, 3.05) is 13.3 Å². The molecule has 0 aliphatic carbocycles. The maximum atomic E-state index is 6.53. The Kier molecular flexibility index (Phi) is 4.47. The smallest absolute Gasteiger partial charge is 0.231 e. The maximum absolute atomic E-state index is 6.53. The summed E-state index contributed by atoms with van der Waals surface area (Å²) in [5, 5.41) is 1.52. The van der Waals surface area contributed by atoms with Gasteiger partial charge in [-0.2, -0.15) is 0 Å². The average molecular weight is 431 g/mol. The van der Waals surface area contributed by atoms with E-state index in [9.17, 15) is 0 Å². The third-order valence-corrected chi connectivity index (χ3v) is 6.10. The number of hydrogen-bond acceptors (Lipinski definition) is 6. The van der Waals surface area contributed by atoms with E-state index in [0.717, 1.165) is 65.4 Å². The average Bonchev–Trinajstić information content (AvgIpc) is 3.25. The molecule has 0 amide bonds. The quantitative estimate of drug-likeness (QED) is 0.441. The van der Waals surface area contributed by atoms with E-state index in [2.05, 4.69) is 20.9 Å². The Morgan fingerprint density at radius 1 is 1.00 bits per heavy atom. The van der Waals surface area contributed by atoms with E-state index in [1.54, 1.807) is 0 Å². The van der Waals surface area contributed by atoms with E-state index in [1.807, 2.05) is 48.7 Å². The van der Waals surface area contributed by atoms with Crippen LogP contribution in [0.1, 0.15) is 16.8 Å². The predicted octanol–water partition coefficient (Wildman–Crippen LogP) is 4.63. The van der Waals surface area contributed by atoms with E-state index in [4.69, 9.17) is 26.1 Å². The van der Waals surface area contributed by atoms with Crippen molar-refractivity contribution in [1.29, 1.82) is 0 Å². The van der Waals surface area contributed by atoms with Crippen LogP contribution >= 0.6 is 11.6 Å². The molecule has 4 aromatic rings. The van der Waals surface area contributed by atoms with Gasteiger partial charge < -0.3 is 9.47 Å². The zero-order valence-corrected chi connectivity index (χ0v) is 17.5. The first-order valence-electron chi connectivity index (χ1n) is 10.2. The highest BCUT2D eigenvalue weighted by Gasteiger charge is 2.21. The number of fused-ring (bicyclic) bond motifs is 3. The molecule has 0 spiro atoms. The molecule has 2 aromatic heterocycles. The van der Waals surface area contributed by atoms with Gasteiger partial charge in [-0.1, -0.05) is 41.9 Å². The third-order valence-electron chi connectivity index (χ3n) is 5.77. The second-order valence-electron chi connectivity index (χ2n) is 7.83. The van der Waals surface area contributed by atoms with Crippen molar-refractivity contribution in [3.8, 4) is 22.9 Å². The van der Waals surface area contributed by atoms with E-state index in [0.29, 0.717) is 10.9 Å². The molecule has 0 bridgehead atoms. The number of pyridine rings is 1. The maximum Gasteiger partial charge on any atom is 0.231 e. The minimum atomic E-state index is 0.244. The highest BCUT2D eigenvalue weighted by Crippen LogP contribution is 2.36. The summed E-state index contributed by atoms with van der Waals surface area (Å²) in [5.74, 6) is 2.25. The lowest BCUT2D eigenvalue weighted by Gasteiger charge is -2.28. The van der Waals surface area contributed by atoms with Crippen molar-refractivity contribution in [3.05, 3.63) is 76.7 Å². The minimum absolute atomic E-state index is 0.244. The zero-order chi connectivity index (χ0) is 20.8. The molecule has 0 atom stereocenters. The molecule has 0 saturated carbocycles. The van der Waals surface area contributed by atoms with E-state index >= 15 is 0 Å². The van der Waals surface area contributed by atoms with Crippen LogP contribution in [0.2, 0.25) is 5.15 Å². The Labute approximate surface area is 184 Å².